The Kier molecular flexibility index (Phi) is 4.41. The lowest BCUT2D eigenvalue weighted by Crippen LogP contribution is -2.22. The largest absolute Gasteiger partial charge is 0.378 e. The van der Waals surface area contributed by atoms with E-state index < -0.39 is 0 Å². The summed E-state index contributed by atoms with van der Waals surface area (Å²) in [4.78, 5) is 9.01. The first-order chi connectivity index (χ1) is 9.74. The Bertz CT molecular complexity index is 470. The van der Waals surface area contributed by atoms with E-state index in [-0.39, 0.29) is 0 Å². The Labute approximate surface area is 125 Å². The molecule has 1 aliphatic carbocycles. The SMILES string of the molecule is Cc1c(Cl)nc(C2CC2)nc1NCCC1CCCCO1. The molecule has 5 heteroatoms. The predicted molar refractivity (Wildman–Crippen MR) is 80.5 cm³/mol. The van der Waals surface area contributed by atoms with Gasteiger partial charge in [-0.1, -0.05) is 11.6 Å². The molecule has 1 N–H and O–H groups in total. The molecule has 1 aromatic heterocycles. The van der Waals surface area contributed by atoms with Crippen molar-refractivity contribution in [2.24, 2.45) is 0 Å². The highest BCUT2D eigenvalue weighted by atomic mass is 35.5. The summed E-state index contributed by atoms with van der Waals surface area (Å²) in [6, 6.07) is 0. The summed E-state index contributed by atoms with van der Waals surface area (Å²) in [5.41, 5.74) is 0.945. The van der Waals surface area contributed by atoms with Gasteiger partial charge in [-0.05, 0) is 45.4 Å². The summed E-state index contributed by atoms with van der Waals surface area (Å²) in [6.45, 7) is 3.76. The quantitative estimate of drug-likeness (QED) is 0.842. The lowest BCUT2D eigenvalue weighted by atomic mass is 10.1. The van der Waals surface area contributed by atoms with Crippen molar-refractivity contribution < 1.29 is 4.74 Å². The molecular formula is C15H22ClN3O. The molecule has 110 valence electrons. The minimum atomic E-state index is 0.400. The number of anilines is 1. The van der Waals surface area contributed by atoms with Crippen LogP contribution in [0.15, 0.2) is 0 Å². The van der Waals surface area contributed by atoms with E-state index in [1.165, 1.54) is 32.1 Å². The van der Waals surface area contributed by atoms with E-state index in [1.54, 1.807) is 0 Å². The van der Waals surface area contributed by atoms with Gasteiger partial charge in [0.05, 0.1) is 6.10 Å². The van der Waals surface area contributed by atoms with E-state index in [2.05, 4.69) is 15.3 Å². The van der Waals surface area contributed by atoms with Gasteiger partial charge in [0.15, 0.2) is 0 Å². The maximum atomic E-state index is 6.20. The summed E-state index contributed by atoms with van der Waals surface area (Å²) in [5.74, 6) is 2.31. The minimum absolute atomic E-state index is 0.400. The number of halogens is 1. The number of hydrogen-bond donors (Lipinski definition) is 1. The number of ether oxygens (including phenoxy) is 1. The van der Waals surface area contributed by atoms with Crippen LogP contribution in [0.1, 0.15) is 55.8 Å². The summed E-state index contributed by atoms with van der Waals surface area (Å²) in [6.07, 6.45) is 7.48. The molecular weight excluding hydrogens is 274 g/mol. The normalized spacial score (nSPS) is 22.8. The molecule has 1 saturated carbocycles. The number of hydrogen-bond acceptors (Lipinski definition) is 4. The number of aromatic nitrogens is 2. The lowest BCUT2D eigenvalue weighted by molar-refractivity contribution is 0.0134. The smallest absolute Gasteiger partial charge is 0.137 e. The van der Waals surface area contributed by atoms with Gasteiger partial charge in [-0.25, -0.2) is 9.97 Å². The average Bonchev–Trinajstić information content (AvgIpc) is 3.29. The summed E-state index contributed by atoms with van der Waals surface area (Å²) in [7, 11) is 0. The maximum absolute atomic E-state index is 6.20. The van der Waals surface area contributed by atoms with Crippen molar-refractivity contribution in [3.63, 3.8) is 0 Å². The second kappa shape index (κ2) is 6.27. The molecule has 1 aliphatic heterocycles. The third-order valence-electron chi connectivity index (χ3n) is 4.08. The Morgan fingerprint density at radius 3 is 2.80 bits per heavy atom. The predicted octanol–water partition coefficient (Wildman–Crippen LogP) is 3.69. The van der Waals surface area contributed by atoms with Crippen molar-refractivity contribution in [1.82, 2.24) is 9.97 Å². The van der Waals surface area contributed by atoms with Crippen LogP contribution >= 0.6 is 11.6 Å². The van der Waals surface area contributed by atoms with Crippen molar-refractivity contribution in [3.8, 4) is 0 Å². The van der Waals surface area contributed by atoms with Crippen LogP contribution in [0.25, 0.3) is 0 Å². The minimum Gasteiger partial charge on any atom is -0.378 e. The van der Waals surface area contributed by atoms with Gasteiger partial charge in [-0.3, -0.25) is 0 Å². The van der Waals surface area contributed by atoms with E-state index in [1.807, 2.05) is 6.92 Å². The number of rotatable bonds is 5. The molecule has 4 nitrogen and oxygen atoms in total. The fraction of sp³-hybridized carbons (Fsp3) is 0.733. The van der Waals surface area contributed by atoms with Gasteiger partial charge in [0.2, 0.25) is 0 Å². The van der Waals surface area contributed by atoms with Crippen LogP contribution in [-0.4, -0.2) is 29.2 Å². The molecule has 2 fully saturated rings. The molecule has 1 atom stereocenters. The first-order valence-corrected chi connectivity index (χ1v) is 8.01. The van der Waals surface area contributed by atoms with Gasteiger partial charge in [0, 0.05) is 24.6 Å². The second-order valence-electron chi connectivity index (χ2n) is 5.82. The zero-order chi connectivity index (χ0) is 13.9. The Morgan fingerprint density at radius 1 is 1.25 bits per heavy atom. The number of nitrogens with one attached hydrogen (secondary N) is 1. The number of nitrogens with zero attached hydrogens (tertiary/aromatic N) is 2. The van der Waals surface area contributed by atoms with Gasteiger partial charge >= 0.3 is 0 Å². The van der Waals surface area contributed by atoms with Crippen molar-refractivity contribution in [1.29, 1.82) is 0 Å². The molecule has 0 bridgehead atoms. The molecule has 0 spiro atoms. The Morgan fingerprint density at radius 2 is 2.10 bits per heavy atom. The third kappa shape index (κ3) is 3.41. The topological polar surface area (TPSA) is 47.0 Å². The highest BCUT2D eigenvalue weighted by Crippen LogP contribution is 2.39. The van der Waals surface area contributed by atoms with E-state index in [0.717, 1.165) is 36.8 Å². The first kappa shape index (κ1) is 14.1. The van der Waals surface area contributed by atoms with Crippen LogP contribution in [0.4, 0.5) is 5.82 Å². The van der Waals surface area contributed by atoms with Crippen molar-refractivity contribution in [2.75, 3.05) is 18.5 Å². The average molecular weight is 296 g/mol. The van der Waals surface area contributed by atoms with Gasteiger partial charge in [-0.2, -0.15) is 0 Å². The van der Waals surface area contributed by atoms with Gasteiger partial charge in [-0.15, -0.1) is 0 Å². The highest BCUT2D eigenvalue weighted by molar-refractivity contribution is 6.30. The fourth-order valence-corrected chi connectivity index (χ4v) is 2.76. The van der Waals surface area contributed by atoms with E-state index in [4.69, 9.17) is 16.3 Å². The standard InChI is InChI=1S/C15H22ClN3O/c1-10-13(16)18-15(11-5-6-11)19-14(10)17-8-7-12-4-2-3-9-20-12/h11-12H,2-9H2,1H3,(H,17,18,19). The monoisotopic (exact) mass is 295 g/mol. The van der Waals surface area contributed by atoms with Crippen LogP contribution in [0.3, 0.4) is 0 Å². The molecule has 2 heterocycles. The fourth-order valence-electron chi connectivity index (χ4n) is 2.59. The summed E-state index contributed by atoms with van der Waals surface area (Å²) >= 11 is 6.20. The van der Waals surface area contributed by atoms with Crippen molar-refractivity contribution in [2.45, 2.75) is 57.5 Å². The molecule has 0 aromatic carbocycles. The van der Waals surface area contributed by atoms with E-state index >= 15 is 0 Å². The molecule has 0 amide bonds. The molecule has 1 unspecified atom stereocenters. The summed E-state index contributed by atoms with van der Waals surface area (Å²) in [5, 5.41) is 3.99. The van der Waals surface area contributed by atoms with Gasteiger partial charge in [0.25, 0.3) is 0 Å². The molecule has 20 heavy (non-hydrogen) atoms. The van der Waals surface area contributed by atoms with Crippen LogP contribution in [0.5, 0.6) is 0 Å². The molecule has 3 rings (SSSR count). The zero-order valence-corrected chi connectivity index (χ0v) is 12.7. The second-order valence-corrected chi connectivity index (χ2v) is 6.18. The van der Waals surface area contributed by atoms with Crippen LogP contribution < -0.4 is 5.32 Å². The molecule has 2 aliphatic rings. The first-order valence-electron chi connectivity index (χ1n) is 7.63. The Balaban J connectivity index is 1.58. The van der Waals surface area contributed by atoms with E-state index in [9.17, 15) is 0 Å². The van der Waals surface area contributed by atoms with Gasteiger partial charge in [0.1, 0.15) is 16.8 Å². The van der Waals surface area contributed by atoms with Crippen LogP contribution in [0, 0.1) is 6.92 Å². The zero-order valence-electron chi connectivity index (χ0n) is 12.0. The van der Waals surface area contributed by atoms with Crippen LogP contribution in [0.2, 0.25) is 5.15 Å². The van der Waals surface area contributed by atoms with Gasteiger partial charge < -0.3 is 10.1 Å². The maximum Gasteiger partial charge on any atom is 0.137 e. The highest BCUT2D eigenvalue weighted by Gasteiger charge is 2.28. The molecule has 1 saturated heterocycles. The van der Waals surface area contributed by atoms with Crippen molar-refractivity contribution >= 4 is 17.4 Å². The summed E-state index contributed by atoms with van der Waals surface area (Å²) < 4.78 is 5.74. The van der Waals surface area contributed by atoms with E-state index in [0.29, 0.717) is 17.2 Å². The third-order valence-corrected chi connectivity index (χ3v) is 4.45. The van der Waals surface area contributed by atoms with Crippen molar-refractivity contribution in [3.05, 3.63) is 16.5 Å². The van der Waals surface area contributed by atoms with Crippen LogP contribution in [-0.2, 0) is 4.74 Å². The molecule has 0 radical (unpaired) electrons. The molecule has 1 aromatic rings. The lowest BCUT2D eigenvalue weighted by Gasteiger charge is -2.22. The Hall–Kier alpha value is -0.870.